The van der Waals surface area contributed by atoms with Crippen LogP contribution in [0.1, 0.15) is 57.1 Å². The Balaban J connectivity index is 1.03. The number of hydrogen-bond acceptors (Lipinski definition) is 9. The molecule has 0 spiro atoms. The number of anilines is 2. The Morgan fingerprint density at radius 2 is 1.89 bits per heavy atom. The summed E-state index contributed by atoms with van der Waals surface area (Å²) in [6.45, 7) is 0.957. The van der Waals surface area contributed by atoms with Gasteiger partial charge in [-0.05, 0) is 55.7 Å². The van der Waals surface area contributed by atoms with E-state index in [1.54, 1.807) is 54.2 Å². The van der Waals surface area contributed by atoms with Crippen LogP contribution in [-0.2, 0) is 16.6 Å². The number of hydrogen-bond donors (Lipinski definition) is 2. The Labute approximate surface area is 264 Å². The highest BCUT2D eigenvalue weighted by molar-refractivity contribution is 6.06. The number of fused-ring (bicyclic) bond motifs is 3. The fraction of sp³-hybridized carbons (Fsp3) is 0.303. The van der Waals surface area contributed by atoms with Crippen LogP contribution >= 0.6 is 0 Å². The zero-order valence-corrected chi connectivity index (χ0v) is 25.6. The molecule has 2 aromatic carbocycles. The molecular formula is C33H33N5O8. The van der Waals surface area contributed by atoms with Crippen molar-refractivity contribution < 1.29 is 37.8 Å². The second-order valence-electron chi connectivity index (χ2n) is 11.0. The molecule has 2 aliphatic rings. The van der Waals surface area contributed by atoms with Gasteiger partial charge in [0.15, 0.2) is 17.3 Å². The lowest BCUT2D eigenvalue weighted by Gasteiger charge is -2.20. The van der Waals surface area contributed by atoms with Crippen molar-refractivity contribution in [1.82, 2.24) is 9.47 Å². The molecule has 2 aliphatic heterocycles. The largest absolute Gasteiger partial charge is 0.493 e. The lowest BCUT2D eigenvalue weighted by Crippen LogP contribution is -2.35. The molecule has 0 radical (unpaired) electrons. The van der Waals surface area contributed by atoms with Crippen molar-refractivity contribution >= 4 is 57.9 Å². The van der Waals surface area contributed by atoms with Gasteiger partial charge in [-0.15, -0.1) is 0 Å². The van der Waals surface area contributed by atoms with E-state index in [1.807, 2.05) is 11.1 Å². The molecule has 1 atom stereocenters. The molecule has 4 aromatic rings. The Bertz CT molecular complexity index is 1870. The second-order valence-corrected chi connectivity index (χ2v) is 11.0. The molecular weight excluding hydrogens is 594 g/mol. The van der Waals surface area contributed by atoms with E-state index in [0.717, 1.165) is 12.8 Å². The second kappa shape index (κ2) is 12.8. The number of amides is 3. The third-order valence-electron chi connectivity index (χ3n) is 7.95. The molecule has 46 heavy (non-hydrogen) atoms. The van der Waals surface area contributed by atoms with Gasteiger partial charge in [-0.25, -0.2) is 4.79 Å². The number of nitrogens with one attached hydrogen (secondary N) is 2. The molecule has 6 rings (SSSR count). The zero-order valence-electron chi connectivity index (χ0n) is 25.6. The van der Waals surface area contributed by atoms with Crippen LogP contribution in [0, 0.1) is 0 Å². The van der Waals surface area contributed by atoms with Crippen LogP contribution in [-0.4, -0.2) is 72.8 Å². The monoisotopic (exact) mass is 627 g/mol. The number of rotatable bonds is 10. The summed E-state index contributed by atoms with van der Waals surface area (Å²) in [6, 6.07) is 11.5. The number of methoxy groups -OCH3 is 2. The number of aromatic nitrogens is 1. The SMILES string of the molecule is COC(=O)c1cc(NC(=O)c2cc3cc(NC(=O)CCCOc4cc5c(cc4OC)C(=O)N4CCC[C@H]4C=N5)ccc3o2)cn1C. The quantitative estimate of drug-likeness (QED) is 0.185. The van der Waals surface area contributed by atoms with Gasteiger partial charge in [0.05, 0.1) is 43.8 Å². The van der Waals surface area contributed by atoms with Crippen LogP contribution in [0.5, 0.6) is 11.5 Å². The predicted octanol–water partition coefficient (Wildman–Crippen LogP) is 4.94. The summed E-state index contributed by atoms with van der Waals surface area (Å²) < 4.78 is 23.4. The fourth-order valence-electron chi connectivity index (χ4n) is 5.62. The van der Waals surface area contributed by atoms with Crippen molar-refractivity contribution in [1.29, 1.82) is 0 Å². The topological polar surface area (TPSA) is 154 Å². The van der Waals surface area contributed by atoms with Gasteiger partial charge in [-0.3, -0.25) is 19.4 Å². The van der Waals surface area contributed by atoms with Crippen LogP contribution in [0.3, 0.4) is 0 Å². The number of aliphatic imine (C=N–C) groups is 1. The lowest BCUT2D eigenvalue weighted by molar-refractivity contribution is -0.116. The number of esters is 1. The Hall–Kier alpha value is -5.59. The predicted molar refractivity (Wildman–Crippen MR) is 169 cm³/mol. The average molecular weight is 628 g/mol. The molecule has 0 unspecified atom stereocenters. The van der Waals surface area contributed by atoms with Crippen LogP contribution in [0.2, 0.25) is 0 Å². The minimum Gasteiger partial charge on any atom is -0.493 e. The van der Waals surface area contributed by atoms with E-state index >= 15 is 0 Å². The maximum atomic E-state index is 13.1. The van der Waals surface area contributed by atoms with Gasteiger partial charge < -0.3 is 38.7 Å². The molecule has 4 heterocycles. The fourth-order valence-corrected chi connectivity index (χ4v) is 5.62. The Morgan fingerprint density at radius 3 is 2.70 bits per heavy atom. The van der Waals surface area contributed by atoms with Crippen molar-refractivity contribution in [2.24, 2.45) is 12.0 Å². The highest BCUT2D eigenvalue weighted by atomic mass is 16.5. The minimum absolute atomic E-state index is 0.00779. The average Bonchev–Trinajstić information content (AvgIpc) is 3.77. The van der Waals surface area contributed by atoms with Gasteiger partial charge in [0.2, 0.25) is 5.91 Å². The summed E-state index contributed by atoms with van der Waals surface area (Å²) in [6.07, 6.45) is 5.90. The minimum atomic E-state index is -0.520. The van der Waals surface area contributed by atoms with Gasteiger partial charge in [-0.1, -0.05) is 0 Å². The molecule has 3 amide bonds. The Kier molecular flexibility index (Phi) is 8.47. The van der Waals surface area contributed by atoms with Crippen LogP contribution < -0.4 is 20.1 Å². The molecule has 1 saturated heterocycles. The summed E-state index contributed by atoms with van der Waals surface area (Å²) in [5, 5.41) is 6.20. The number of aryl methyl sites for hydroxylation is 1. The van der Waals surface area contributed by atoms with Crippen molar-refractivity contribution in [2.45, 2.75) is 31.7 Å². The van der Waals surface area contributed by atoms with Gasteiger partial charge in [0.25, 0.3) is 11.8 Å². The van der Waals surface area contributed by atoms with E-state index in [-0.39, 0.29) is 42.3 Å². The molecule has 2 N–H and O–H groups in total. The van der Waals surface area contributed by atoms with Crippen molar-refractivity contribution in [3.05, 3.63) is 65.7 Å². The lowest BCUT2D eigenvalue weighted by atomic mass is 10.1. The number of carbonyl (C=O) groups excluding carboxylic acids is 4. The normalized spacial score (nSPS) is 15.2. The van der Waals surface area contributed by atoms with E-state index in [4.69, 9.17) is 18.6 Å². The summed E-state index contributed by atoms with van der Waals surface area (Å²) in [4.78, 5) is 56.8. The highest BCUT2D eigenvalue weighted by Crippen LogP contribution is 2.38. The van der Waals surface area contributed by atoms with Crippen molar-refractivity contribution in [2.75, 3.05) is 38.0 Å². The third kappa shape index (κ3) is 6.16. The Morgan fingerprint density at radius 1 is 1.04 bits per heavy atom. The first-order valence-electron chi connectivity index (χ1n) is 14.8. The van der Waals surface area contributed by atoms with E-state index in [2.05, 4.69) is 15.6 Å². The molecule has 0 saturated carbocycles. The van der Waals surface area contributed by atoms with Crippen molar-refractivity contribution in [3.63, 3.8) is 0 Å². The molecule has 238 valence electrons. The molecule has 0 bridgehead atoms. The van der Waals surface area contributed by atoms with Gasteiger partial charge in [-0.2, -0.15) is 0 Å². The first kappa shape index (κ1) is 30.4. The van der Waals surface area contributed by atoms with Gasteiger partial charge >= 0.3 is 5.97 Å². The summed E-state index contributed by atoms with van der Waals surface area (Å²) in [5.74, 6) is -0.327. The molecule has 0 aliphatic carbocycles. The maximum absolute atomic E-state index is 13.1. The number of furan rings is 1. The smallest absolute Gasteiger partial charge is 0.354 e. The number of benzene rings is 2. The summed E-state index contributed by atoms with van der Waals surface area (Å²) in [5.41, 5.74) is 2.74. The van der Waals surface area contributed by atoms with Crippen molar-refractivity contribution in [3.8, 4) is 11.5 Å². The highest BCUT2D eigenvalue weighted by Gasteiger charge is 2.32. The van der Waals surface area contributed by atoms with E-state index < -0.39 is 11.9 Å². The first-order chi connectivity index (χ1) is 22.2. The van der Waals surface area contributed by atoms with Gasteiger partial charge in [0.1, 0.15) is 11.3 Å². The van der Waals surface area contributed by atoms with E-state index in [0.29, 0.717) is 58.1 Å². The summed E-state index contributed by atoms with van der Waals surface area (Å²) >= 11 is 0. The number of nitrogens with zero attached hydrogens (tertiary/aromatic N) is 3. The third-order valence-corrected chi connectivity index (χ3v) is 7.95. The van der Waals surface area contributed by atoms with Gasteiger partial charge in [0, 0.05) is 49.6 Å². The summed E-state index contributed by atoms with van der Waals surface area (Å²) in [7, 11) is 4.47. The maximum Gasteiger partial charge on any atom is 0.354 e. The molecule has 2 aromatic heterocycles. The van der Waals surface area contributed by atoms with E-state index in [1.165, 1.54) is 20.3 Å². The number of ether oxygens (including phenoxy) is 3. The number of carbonyl (C=O) groups is 4. The molecule has 13 nitrogen and oxygen atoms in total. The van der Waals surface area contributed by atoms with Crippen LogP contribution in [0.15, 0.2) is 58.1 Å². The molecule has 1 fully saturated rings. The van der Waals surface area contributed by atoms with Crippen LogP contribution in [0.25, 0.3) is 11.0 Å². The van der Waals surface area contributed by atoms with E-state index in [9.17, 15) is 19.2 Å². The standard InChI is InChI=1S/C33H33N5O8/c1-37-18-21(14-25(37)33(42)44-3)36-31(40)29-13-19-12-20(8-9-26(19)46-29)35-30(39)7-5-11-45-28-16-24-23(15-27(28)43-2)32(41)38-10-4-6-22(38)17-34-24/h8-9,12-18,22H,4-7,10-11H2,1-3H3,(H,35,39)(H,36,40)/t22-/m0/s1. The zero-order chi connectivity index (χ0) is 32.4. The van der Waals surface area contributed by atoms with Crippen LogP contribution in [0.4, 0.5) is 17.1 Å². The first-order valence-corrected chi connectivity index (χ1v) is 14.8. The molecule has 13 heteroatoms.